The van der Waals surface area contributed by atoms with Crippen LogP contribution >= 0.6 is 11.6 Å². The van der Waals surface area contributed by atoms with Gasteiger partial charge in [-0.05, 0) is 30.5 Å². The number of nitrogens with zero attached hydrogens (tertiary/aromatic N) is 3. The second kappa shape index (κ2) is 8.53. The summed E-state index contributed by atoms with van der Waals surface area (Å²) in [6.45, 7) is 0.156. The second-order valence-corrected chi connectivity index (χ2v) is 7.95. The average Bonchev–Trinajstić information content (AvgIpc) is 3.09. The quantitative estimate of drug-likeness (QED) is 0.610. The molecule has 2 aliphatic rings. The number of nitrogens with one attached hydrogen (secondary N) is 2. The fourth-order valence-corrected chi connectivity index (χ4v) is 4.25. The highest BCUT2D eigenvalue weighted by molar-refractivity contribution is 6.65. The standard InChI is InChI=1S/C19H18BClF3N5O2/c21-14-6-12(5-11-9-31-20(30)16(11)14)27-18-26-8-13(19(22,23)24)17(29-18)28-15-4-2-1-3-10(15)7-25/h5-6,8,10,15,30H,1-4,9H2,(H2,26,27,28,29)/t10?,15-/m0/s1. The van der Waals surface area contributed by atoms with Gasteiger partial charge >= 0.3 is 13.3 Å². The maximum Gasteiger partial charge on any atom is 0.493 e. The van der Waals surface area contributed by atoms with Crippen molar-refractivity contribution >= 4 is 41.6 Å². The molecule has 7 nitrogen and oxygen atoms in total. The van der Waals surface area contributed by atoms with Gasteiger partial charge < -0.3 is 20.3 Å². The molecule has 31 heavy (non-hydrogen) atoms. The zero-order valence-electron chi connectivity index (χ0n) is 16.2. The number of hydrogen-bond acceptors (Lipinski definition) is 7. The molecule has 4 rings (SSSR count). The molecule has 1 fully saturated rings. The fraction of sp³-hybridized carbons (Fsp3) is 0.421. The van der Waals surface area contributed by atoms with E-state index < -0.39 is 24.9 Å². The summed E-state index contributed by atoms with van der Waals surface area (Å²) in [6, 6.07) is 4.93. The minimum Gasteiger partial charge on any atom is -0.423 e. The SMILES string of the molecule is N#CC1CCCC[C@@H]1Nc1nc(Nc2cc(Cl)c3c(c2)COB3O)ncc1C(F)(F)F. The maximum atomic E-state index is 13.5. The van der Waals surface area contributed by atoms with Crippen molar-refractivity contribution < 1.29 is 22.8 Å². The van der Waals surface area contributed by atoms with Crippen molar-refractivity contribution in [2.75, 3.05) is 10.6 Å². The molecular formula is C19H18BClF3N5O2. The number of fused-ring (bicyclic) bond motifs is 1. The summed E-state index contributed by atoms with van der Waals surface area (Å²) < 4.78 is 45.7. The summed E-state index contributed by atoms with van der Waals surface area (Å²) in [5.41, 5.74) is 0.568. The molecule has 1 aliphatic heterocycles. The van der Waals surface area contributed by atoms with Gasteiger partial charge in [0.25, 0.3) is 0 Å². The van der Waals surface area contributed by atoms with Crippen molar-refractivity contribution in [1.82, 2.24) is 9.97 Å². The van der Waals surface area contributed by atoms with Gasteiger partial charge in [-0.1, -0.05) is 24.4 Å². The Morgan fingerprint density at radius 2 is 2.06 bits per heavy atom. The molecule has 0 spiro atoms. The summed E-state index contributed by atoms with van der Waals surface area (Å²) in [5, 5.41) is 25.1. The van der Waals surface area contributed by atoms with E-state index >= 15 is 0 Å². The van der Waals surface area contributed by atoms with Crippen LogP contribution in [0.5, 0.6) is 0 Å². The first-order valence-electron chi connectivity index (χ1n) is 9.75. The van der Waals surface area contributed by atoms with Crippen molar-refractivity contribution in [1.29, 1.82) is 5.26 Å². The monoisotopic (exact) mass is 451 g/mol. The van der Waals surface area contributed by atoms with E-state index in [0.717, 1.165) is 12.8 Å². The molecule has 162 valence electrons. The molecule has 0 bridgehead atoms. The zero-order valence-corrected chi connectivity index (χ0v) is 17.0. The molecule has 12 heteroatoms. The van der Waals surface area contributed by atoms with E-state index in [4.69, 9.17) is 16.3 Å². The molecule has 2 heterocycles. The summed E-state index contributed by atoms with van der Waals surface area (Å²) in [4.78, 5) is 7.85. The van der Waals surface area contributed by atoms with Gasteiger partial charge in [-0.15, -0.1) is 0 Å². The fourth-order valence-electron chi connectivity index (χ4n) is 3.92. The van der Waals surface area contributed by atoms with Crippen molar-refractivity contribution in [2.24, 2.45) is 5.92 Å². The van der Waals surface area contributed by atoms with E-state index in [2.05, 4.69) is 26.7 Å². The molecule has 2 aromatic rings. The van der Waals surface area contributed by atoms with E-state index in [0.29, 0.717) is 35.8 Å². The molecule has 0 radical (unpaired) electrons. The third-order valence-corrected chi connectivity index (χ3v) is 5.78. The van der Waals surface area contributed by atoms with Crippen LogP contribution in [0.1, 0.15) is 36.8 Å². The predicted octanol–water partition coefficient (Wildman–Crippen LogP) is 3.60. The Morgan fingerprint density at radius 1 is 1.29 bits per heavy atom. The third kappa shape index (κ3) is 4.56. The molecule has 0 saturated heterocycles. The molecule has 1 aromatic carbocycles. The van der Waals surface area contributed by atoms with Crippen molar-refractivity contribution in [2.45, 2.75) is 44.5 Å². The first-order chi connectivity index (χ1) is 14.8. The number of nitriles is 1. The number of rotatable bonds is 4. The first kappa shape index (κ1) is 21.7. The highest BCUT2D eigenvalue weighted by atomic mass is 35.5. The molecule has 0 amide bonds. The van der Waals surface area contributed by atoms with Gasteiger partial charge in [0, 0.05) is 28.4 Å². The Labute approximate surface area is 181 Å². The highest BCUT2D eigenvalue weighted by Gasteiger charge is 2.37. The van der Waals surface area contributed by atoms with Crippen LogP contribution in [-0.2, 0) is 17.4 Å². The van der Waals surface area contributed by atoms with Crippen LogP contribution in [0.25, 0.3) is 0 Å². The lowest BCUT2D eigenvalue weighted by Gasteiger charge is -2.29. The number of hydrogen-bond donors (Lipinski definition) is 3. The normalized spacial score (nSPS) is 20.8. The molecule has 3 N–H and O–H groups in total. The van der Waals surface area contributed by atoms with Crippen molar-refractivity contribution in [3.63, 3.8) is 0 Å². The predicted molar refractivity (Wildman–Crippen MR) is 109 cm³/mol. The Hall–Kier alpha value is -2.55. The lowest BCUT2D eigenvalue weighted by Crippen LogP contribution is -2.32. The van der Waals surface area contributed by atoms with Crippen LogP contribution in [-0.4, -0.2) is 28.2 Å². The van der Waals surface area contributed by atoms with Gasteiger partial charge in [-0.2, -0.15) is 23.4 Å². The molecule has 1 aliphatic carbocycles. The van der Waals surface area contributed by atoms with E-state index in [-0.39, 0.29) is 29.3 Å². The Bertz CT molecular complexity index is 1030. The van der Waals surface area contributed by atoms with Gasteiger partial charge in [0.2, 0.25) is 5.95 Å². The Kier molecular flexibility index (Phi) is 5.97. The summed E-state index contributed by atoms with van der Waals surface area (Å²) in [7, 11) is -1.11. The van der Waals surface area contributed by atoms with E-state index in [1.165, 1.54) is 6.07 Å². The van der Waals surface area contributed by atoms with Gasteiger partial charge in [0.1, 0.15) is 11.4 Å². The smallest absolute Gasteiger partial charge is 0.423 e. The van der Waals surface area contributed by atoms with Gasteiger partial charge in [0.15, 0.2) is 0 Å². The molecule has 1 saturated carbocycles. The number of alkyl halides is 3. The maximum absolute atomic E-state index is 13.5. The van der Waals surface area contributed by atoms with Crippen LogP contribution in [0.4, 0.5) is 30.6 Å². The van der Waals surface area contributed by atoms with Gasteiger partial charge in [-0.3, -0.25) is 0 Å². The van der Waals surface area contributed by atoms with E-state index in [1.807, 2.05) is 0 Å². The van der Waals surface area contributed by atoms with Crippen LogP contribution in [0.3, 0.4) is 0 Å². The van der Waals surface area contributed by atoms with Crippen molar-refractivity contribution in [3.05, 3.63) is 34.5 Å². The van der Waals surface area contributed by atoms with E-state index in [1.54, 1.807) is 6.07 Å². The summed E-state index contributed by atoms with van der Waals surface area (Å²) in [6.07, 6.45) is -1.02. The lowest BCUT2D eigenvalue weighted by molar-refractivity contribution is -0.137. The average molecular weight is 452 g/mol. The first-order valence-corrected chi connectivity index (χ1v) is 10.1. The molecule has 1 aromatic heterocycles. The number of halogens is 4. The Balaban J connectivity index is 1.63. The largest absolute Gasteiger partial charge is 0.493 e. The van der Waals surface area contributed by atoms with Gasteiger partial charge in [-0.25, -0.2) is 4.98 Å². The molecule has 2 atom stereocenters. The number of aromatic nitrogens is 2. The summed E-state index contributed by atoms with van der Waals surface area (Å²) in [5.74, 6) is -0.818. The van der Waals surface area contributed by atoms with E-state index in [9.17, 15) is 23.5 Å². The molecular weight excluding hydrogens is 434 g/mol. The number of anilines is 3. The summed E-state index contributed by atoms with van der Waals surface area (Å²) >= 11 is 6.20. The lowest BCUT2D eigenvalue weighted by atomic mass is 9.79. The zero-order chi connectivity index (χ0) is 22.2. The second-order valence-electron chi connectivity index (χ2n) is 7.54. The van der Waals surface area contributed by atoms with Crippen LogP contribution in [0.2, 0.25) is 5.02 Å². The Morgan fingerprint density at radius 3 is 2.81 bits per heavy atom. The van der Waals surface area contributed by atoms with Crippen LogP contribution < -0.4 is 16.1 Å². The van der Waals surface area contributed by atoms with Crippen LogP contribution in [0.15, 0.2) is 18.3 Å². The third-order valence-electron chi connectivity index (χ3n) is 5.46. The van der Waals surface area contributed by atoms with Crippen molar-refractivity contribution in [3.8, 4) is 6.07 Å². The topological polar surface area (TPSA) is 103 Å². The minimum absolute atomic E-state index is 0.0599. The van der Waals surface area contributed by atoms with Crippen LogP contribution in [0, 0.1) is 17.2 Å². The van der Waals surface area contributed by atoms with Gasteiger partial charge in [0.05, 0.1) is 18.6 Å². The molecule has 1 unspecified atom stereocenters. The number of benzene rings is 1. The minimum atomic E-state index is -4.65. The highest BCUT2D eigenvalue weighted by Crippen LogP contribution is 2.36.